The van der Waals surface area contributed by atoms with E-state index in [1.807, 2.05) is 6.07 Å². The Morgan fingerprint density at radius 2 is 1.29 bits per heavy atom. The number of fused-ring (bicyclic) bond motifs is 7. The number of benzene rings is 7. The number of furan rings is 1. The van der Waals surface area contributed by atoms with Gasteiger partial charge in [-0.25, -0.2) is 0 Å². The van der Waals surface area contributed by atoms with Crippen molar-refractivity contribution < 1.29 is 4.42 Å². The van der Waals surface area contributed by atoms with Gasteiger partial charge in [0.15, 0.2) is 0 Å². The molecule has 0 atom stereocenters. The summed E-state index contributed by atoms with van der Waals surface area (Å²) < 4.78 is 6.46. The zero-order valence-electron chi connectivity index (χ0n) is 27.8. The summed E-state index contributed by atoms with van der Waals surface area (Å²) in [5.41, 5.74) is 14.3. The van der Waals surface area contributed by atoms with Gasteiger partial charge in [-0.05, 0) is 86.5 Å². The van der Waals surface area contributed by atoms with Crippen molar-refractivity contribution in [2.75, 3.05) is 4.90 Å². The number of nitrogens with zero attached hydrogens (tertiary/aromatic N) is 1. The molecular formula is C46H37NO. The lowest BCUT2D eigenvalue weighted by Gasteiger charge is -2.31. The largest absolute Gasteiger partial charge is 0.456 e. The lowest BCUT2D eigenvalue weighted by atomic mass is 9.81. The lowest BCUT2D eigenvalue weighted by Crippen LogP contribution is -2.17. The highest BCUT2D eigenvalue weighted by Crippen LogP contribution is 2.54. The van der Waals surface area contributed by atoms with Crippen LogP contribution in [-0.4, -0.2) is 0 Å². The molecule has 0 N–H and O–H groups in total. The van der Waals surface area contributed by atoms with E-state index in [0.29, 0.717) is 5.92 Å². The topological polar surface area (TPSA) is 16.4 Å². The van der Waals surface area contributed by atoms with Gasteiger partial charge in [-0.1, -0.05) is 137 Å². The Kier molecular flexibility index (Phi) is 6.39. The highest BCUT2D eigenvalue weighted by atomic mass is 16.3. The molecule has 1 aliphatic carbocycles. The van der Waals surface area contributed by atoms with Crippen LogP contribution >= 0.6 is 0 Å². The smallest absolute Gasteiger partial charge is 0.137 e. The third kappa shape index (κ3) is 4.19. The quantitative estimate of drug-likeness (QED) is 0.191. The zero-order valence-corrected chi connectivity index (χ0v) is 27.8. The van der Waals surface area contributed by atoms with Crippen LogP contribution in [0.2, 0.25) is 0 Å². The van der Waals surface area contributed by atoms with Crippen molar-refractivity contribution in [3.63, 3.8) is 0 Å². The summed E-state index contributed by atoms with van der Waals surface area (Å²) in [6.45, 7) is 9.37. The van der Waals surface area contributed by atoms with E-state index < -0.39 is 0 Å². The molecule has 2 nitrogen and oxygen atoms in total. The van der Waals surface area contributed by atoms with E-state index >= 15 is 0 Å². The molecule has 0 amide bonds. The Morgan fingerprint density at radius 1 is 0.562 bits per heavy atom. The van der Waals surface area contributed by atoms with E-state index in [9.17, 15) is 0 Å². The van der Waals surface area contributed by atoms with Gasteiger partial charge < -0.3 is 9.32 Å². The third-order valence-corrected chi connectivity index (χ3v) is 10.4. The summed E-state index contributed by atoms with van der Waals surface area (Å²) in [6.07, 6.45) is 0. The van der Waals surface area contributed by atoms with Gasteiger partial charge in [-0.3, -0.25) is 0 Å². The maximum absolute atomic E-state index is 6.46. The molecule has 8 aromatic rings. The van der Waals surface area contributed by atoms with Crippen LogP contribution in [-0.2, 0) is 5.41 Å². The molecule has 0 unspecified atom stereocenters. The second-order valence-electron chi connectivity index (χ2n) is 13.9. The normalized spacial score (nSPS) is 13.4. The summed E-state index contributed by atoms with van der Waals surface area (Å²) in [4.78, 5) is 2.47. The number of anilines is 3. The van der Waals surface area contributed by atoms with E-state index in [0.717, 1.165) is 39.0 Å². The predicted molar refractivity (Wildman–Crippen MR) is 203 cm³/mol. The van der Waals surface area contributed by atoms with Gasteiger partial charge in [0, 0.05) is 22.1 Å². The summed E-state index contributed by atoms with van der Waals surface area (Å²) in [6, 6.07) is 53.0. The molecule has 7 aromatic carbocycles. The van der Waals surface area contributed by atoms with Crippen LogP contribution in [0.5, 0.6) is 0 Å². The van der Waals surface area contributed by atoms with E-state index in [2.05, 4.69) is 172 Å². The highest BCUT2D eigenvalue weighted by molar-refractivity contribution is 6.15. The molecule has 1 aliphatic rings. The molecule has 48 heavy (non-hydrogen) atoms. The molecule has 0 aliphatic heterocycles. The Bertz CT molecular complexity index is 2520. The minimum atomic E-state index is -0.142. The SMILES string of the molecule is CC(C)c1cccc2c1-c1ccc(N(c3ccc4ccccc4c3-c3ccccc3)c3cccc4oc5ccccc5c34)cc1C2(C)C. The van der Waals surface area contributed by atoms with Gasteiger partial charge in [0.1, 0.15) is 11.2 Å². The minimum Gasteiger partial charge on any atom is -0.456 e. The highest BCUT2D eigenvalue weighted by Gasteiger charge is 2.38. The molecule has 9 rings (SSSR count). The molecule has 0 saturated carbocycles. The van der Waals surface area contributed by atoms with Crippen molar-refractivity contribution in [1.29, 1.82) is 0 Å². The molecule has 0 radical (unpaired) electrons. The number of hydrogen-bond acceptors (Lipinski definition) is 2. The van der Waals surface area contributed by atoms with Gasteiger partial charge in [0.2, 0.25) is 0 Å². The fourth-order valence-corrected chi connectivity index (χ4v) is 8.13. The maximum Gasteiger partial charge on any atom is 0.137 e. The van der Waals surface area contributed by atoms with E-state index in [1.54, 1.807) is 0 Å². The first-order valence-corrected chi connectivity index (χ1v) is 17.0. The zero-order chi connectivity index (χ0) is 32.6. The van der Waals surface area contributed by atoms with Crippen LogP contribution < -0.4 is 4.90 Å². The first-order chi connectivity index (χ1) is 23.4. The fraction of sp³-hybridized carbons (Fsp3) is 0.130. The minimum absolute atomic E-state index is 0.142. The Balaban J connectivity index is 1.38. The van der Waals surface area contributed by atoms with Crippen LogP contribution in [0.1, 0.15) is 50.3 Å². The van der Waals surface area contributed by atoms with Gasteiger partial charge in [-0.15, -0.1) is 0 Å². The first kappa shape index (κ1) is 28.6. The summed E-state index contributed by atoms with van der Waals surface area (Å²) in [5, 5.41) is 4.68. The monoisotopic (exact) mass is 619 g/mol. The summed E-state index contributed by atoms with van der Waals surface area (Å²) in [7, 11) is 0. The van der Waals surface area contributed by atoms with Gasteiger partial charge >= 0.3 is 0 Å². The van der Waals surface area contributed by atoms with E-state index in [-0.39, 0.29) is 5.41 Å². The second-order valence-corrected chi connectivity index (χ2v) is 13.9. The molecule has 0 bridgehead atoms. The molecule has 1 aromatic heterocycles. The van der Waals surface area contributed by atoms with E-state index in [1.165, 1.54) is 49.7 Å². The van der Waals surface area contributed by atoms with Crippen molar-refractivity contribution in [3.05, 3.63) is 162 Å². The van der Waals surface area contributed by atoms with Crippen molar-refractivity contribution in [1.82, 2.24) is 0 Å². The van der Waals surface area contributed by atoms with Crippen LogP contribution in [0.15, 0.2) is 150 Å². The van der Waals surface area contributed by atoms with Gasteiger partial charge in [0.25, 0.3) is 0 Å². The predicted octanol–water partition coefficient (Wildman–Crippen LogP) is 13.3. The Labute approximate surface area is 281 Å². The van der Waals surface area contributed by atoms with E-state index in [4.69, 9.17) is 4.42 Å². The number of para-hydroxylation sites is 1. The van der Waals surface area contributed by atoms with Crippen LogP contribution in [0.3, 0.4) is 0 Å². The van der Waals surface area contributed by atoms with Crippen molar-refractivity contribution in [3.8, 4) is 22.3 Å². The summed E-state index contributed by atoms with van der Waals surface area (Å²) >= 11 is 0. The van der Waals surface area contributed by atoms with Crippen molar-refractivity contribution >= 4 is 49.8 Å². The molecule has 0 fully saturated rings. The third-order valence-electron chi connectivity index (χ3n) is 10.4. The average molecular weight is 620 g/mol. The van der Waals surface area contributed by atoms with Gasteiger partial charge in [0.05, 0.1) is 16.8 Å². The Hall–Kier alpha value is -5.60. The standard InChI is InChI=1S/C46H37NO/c1-29(2)33-19-12-20-37-44(33)35-26-25-32(28-38(35)46(37,3)4)47(39-21-13-23-42-45(39)36-18-10-11-22-41(36)48-42)40-27-24-30-14-8-9-17-34(30)43(40)31-15-6-5-7-16-31/h5-29H,1-4H3. The molecule has 1 heterocycles. The molecule has 0 saturated heterocycles. The Morgan fingerprint density at radius 3 is 2.12 bits per heavy atom. The van der Waals surface area contributed by atoms with Crippen molar-refractivity contribution in [2.24, 2.45) is 0 Å². The lowest BCUT2D eigenvalue weighted by molar-refractivity contribution is 0.659. The molecule has 0 spiro atoms. The molecular weight excluding hydrogens is 583 g/mol. The van der Waals surface area contributed by atoms with Gasteiger partial charge in [-0.2, -0.15) is 0 Å². The van der Waals surface area contributed by atoms with Crippen LogP contribution in [0, 0.1) is 0 Å². The van der Waals surface area contributed by atoms with Crippen molar-refractivity contribution in [2.45, 2.75) is 39.0 Å². The van der Waals surface area contributed by atoms with Crippen LogP contribution in [0.4, 0.5) is 17.1 Å². The second kappa shape index (κ2) is 10.7. The summed E-state index contributed by atoms with van der Waals surface area (Å²) in [5.74, 6) is 0.441. The number of hydrogen-bond donors (Lipinski definition) is 0. The fourth-order valence-electron chi connectivity index (χ4n) is 8.13. The number of rotatable bonds is 5. The van der Waals surface area contributed by atoms with Crippen LogP contribution in [0.25, 0.3) is 55.0 Å². The average Bonchev–Trinajstić information content (AvgIpc) is 3.61. The first-order valence-electron chi connectivity index (χ1n) is 17.0. The molecule has 232 valence electrons. The maximum atomic E-state index is 6.46. The molecule has 2 heteroatoms.